The van der Waals surface area contributed by atoms with Crippen LogP contribution in [-0.2, 0) is 4.79 Å². The standard InChI is InChI=1S/C13H26N2O3/c1-6-7-11(12(16)17)14-13(18)15(10(4)5)8-9(2)3/h9-11H,6-8H2,1-5H3,(H,14,18)(H,16,17)/t11-/m1/s1. The second kappa shape index (κ2) is 7.95. The number of hydrogen-bond acceptors (Lipinski definition) is 2. The minimum atomic E-state index is -0.974. The Balaban J connectivity index is 4.61. The van der Waals surface area contributed by atoms with Gasteiger partial charge in [0, 0.05) is 12.6 Å². The Morgan fingerprint density at radius 1 is 1.22 bits per heavy atom. The second-order valence-electron chi connectivity index (χ2n) is 5.27. The molecule has 0 aromatic carbocycles. The van der Waals surface area contributed by atoms with Gasteiger partial charge in [0.15, 0.2) is 0 Å². The molecular formula is C13H26N2O3. The highest BCUT2D eigenvalue weighted by atomic mass is 16.4. The van der Waals surface area contributed by atoms with Crippen molar-refractivity contribution in [1.82, 2.24) is 10.2 Å². The molecule has 0 fully saturated rings. The van der Waals surface area contributed by atoms with Crippen LogP contribution in [0.5, 0.6) is 0 Å². The SMILES string of the molecule is CCC[C@@H](NC(=O)N(CC(C)C)C(C)C)C(=O)O. The predicted octanol–water partition coefficient (Wildman–Crippen LogP) is 2.32. The molecule has 0 aliphatic rings. The molecule has 5 heteroatoms. The summed E-state index contributed by atoms with van der Waals surface area (Å²) in [6.07, 6.45) is 1.18. The van der Waals surface area contributed by atoms with E-state index in [1.807, 2.05) is 34.6 Å². The molecule has 0 saturated carbocycles. The van der Waals surface area contributed by atoms with Crippen LogP contribution in [0.2, 0.25) is 0 Å². The molecule has 0 radical (unpaired) electrons. The van der Waals surface area contributed by atoms with Crippen molar-refractivity contribution in [2.75, 3.05) is 6.54 Å². The number of rotatable bonds is 7. The van der Waals surface area contributed by atoms with Gasteiger partial charge in [-0.3, -0.25) is 0 Å². The first-order valence-electron chi connectivity index (χ1n) is 6.59. The highest BCUT2D eigenvalue weighted by molar-refractivity contribution is 5.82. The second-order valence-corrected chi connectivity index (χ2v) is 5.27. The molecule has 18 heavy (non-hydrogen) atoms. The summed E-state index contributed by atoms with van der Waals surface area (Å²) in [7, 11) is 0. The topological polar surface area (TPSA) is 69.6 Å². The Kier molecular flexibility index (Phi) is 7.39. The van der Waals surface area contributed by atoms with E-state index in [1.165, 1.54) is 0 Å². The molecule has 0 heterocycles. The molecule has 2 N–H and O–H groups in total. The number of urea groups is 1. The van der Waals surface area contributed by atoms with Crippen LogP contribution >= 0.6 is 0 Å². The normalized spacial score (nSPS) is 12.6. The smallest absolute Gasteiger partial charge is 0.326 e. The number of aliphatic carboxylic acids is 1. The van der Waals surface area contributed by atoms with Crippen LogP contribution in [0.3, 0.4) is 0 Å². The van der Waals surface area contributed by atoms with Gasteiger partial charge in [0.05, 0.1) is 0 Å². The average Bonchev–Trinajstić information content (AvgIpc) is 2.24. The summed E-state index contributed by atoms with van der Waals surface area (Å²) in [6, 6.07) is -1.03. The molecular weight excluding hydrogens is 232 g/mol. The van der Waals surface area contributed by atoms with E-state index >= 15 is 0 Å². The first kappa shape index (κ1) is 16.7. The van der Waals surface area contributed by atoms with Crippen molar-refractivity contribution in [2.45, 2.75) is 59.5 Å². The summed E-state index contributed by atoms with van der Waals surface area (Å²) < 4.78 is 0. The van der Waals surface area contributed by atoms with E-state index in [-0.39, 0.29) is 12.1 Å². The third kappa shape index (κ3) is 5.89. The zero-order valence-electron chi connectivity index (χ0n) is 12.1. The lowest BCUT2D eigenvalue weighted by molar-refractivity contribution is -0.139. The monoisotopic (exact) mass is 258 g/mol. The van der Waals surface area contributed by atoms with Gasteiger partial charge in [-0.05, 0) is 26.2 Å². The van der Waals surface area contributed by atoms with Crippen molar-refractivity contribution < 1.29 is 14.7 Å². The summed E-state index contributed by atoms with van der Waals surface area (Å²) >= 11 is 0. The molecule has 0 aliphatic carbocycles. The quantitative estimate of drug-likeness (QED) is 0.736. The van der Waals surface area contributed by atoms with Gasteiger partial charge in [0.2, 0.25) is 0 Å². The summed E-state index contributed by atoms with van der Waals surface area (Å²) in [5, 5.41) is 11.6. The van der Waals surface area contributed by atoms with Gasteiger partial charge in [-0.15, -0.1) is 0 Å². The molecule has 106 valence electrons. The van der Waals surface area contributed by atoms with Gasteiger partial charge >= 0.3 is 12.0 Å². The number of carboxylic acid groups (broad SMARTS) is 1. The molecule has 0 unspecified atom stereocenters. The van der Waals surface area contributed by atoms with Crippen molar-refractivity contribution in [2.24, 2.45) is 5.92 Å². The van der Waals surface area contributed by atoms with E-state index in [2.05, 4.69) is 5.32 Å². The van der Waals surface area contributed by atoms with E-state index in [9.17, 15) is 9.59 Å². The van der Waals surface area contributed by atoms with Crippen molar-refractivity contribution in [3.8, 4) is 0 Å². The Morgan fingerprint density at radius 2 is 1.78 bits per heavy atom. The van der Waals surface area contributed by atoms with Crippen molar-refractivity contribution in [1.29, 1.82) is 0 Å². The van der Waals surface area contributed by atoms with Crippen LogP contribution in [0.15, 0.2) is 0 Å². The predicted molar refractivity (Wildman–Crippen MR) is 71.5 cm³/mol. The molecule has 0 aromatic heterocycles. The number of nitrogens with zero attached hydrogens (tertiary/aromatic N) is 1. The molecule has 0 saturated heterocycles. The number of carbonyl (C=O) groups excluding carboxylic acids is 1. The number of nitrogens with one attached hydrogen (secondary N) is 1. The Labute approximate surface area is 110 Å². The molecule has 0 spiro atoms. The fourth-order valence-corrected chi connectivity index (χ4v) is 1.70. The highest BCUT2D eigenvalue weighted by Crippen LogP contribution is 2.06. The van der Waals surface area contributed by atoms with E-state index in [0.717, 1.165) is 6.42 Å². The minimum Gasteiger partial charge on any atom is -0.480 e. The summed E-state index contributed by atoms with van der Waals surface area (Å²) in [5.74, 6) is -0.619. The largest absolute Gasteiger partial charge is 0.480 e. The zero-order chi connectivity index (χ0) is 14.3. The van der Waals surface area contributed by atoms with Crippen molar-refractivity contribution >= 4 is 12.0 Å². The van der Waals surface area contributed by atoms with E-state index in [1.54, 1.807) is 4.90 Å². The third-order valence-corrected chi connectivity index (χ3v) is 2.62. The van der Waals surface area contributed by atoms with Gasteiger partial charge in [0.25, 0.3) is 0 Å². The van der Waals surface area contributed by atoms with E-state index in [0.29, 0.717) is 18.9 Å². The number of amides is 2. The maximum Gasteiger partial charge on any atom is 0.326 e. The van der Waals surface area contributed by atoms with Crippen LogP contribution in [0, 0.1) is 5.92 Å². The van der Waals surface area contributed by atoms with Gasteiger partial charge in [-0.2, -0.15) is 0 Å². The Morgan fingerprint density at radius 3 is 2.11 bits per heavy atom. The van der Waals surface area contributed by atoms with Gasteiger partial charge < -0.3 is 15.3 Å². The van der Waals surface area contributed by atoms with Crippen LogP contribution < -0.4 is 5.32 Å². The van der Waals surface area contributed by atoms with Crippen LogP contribution in [0.25, 0.3) is 0 Å². The zero-order valence-corrected chi connectivity index (χ0v) is 12.1. The fourth-order valence-electron chi connectivity index (χ4n) is 1.70. The Bertz CT molecular complexity index is 277. The van der Waals surface area contributed by atoms with E-state index in [4.69, 9.17) is 5.11 Å². The van der Waals surface area contributed by atoms with Gasteiger partial charge in [-0.25, -0.2) is 9.59 Å². The average molecular weight is 258 g/mol. The lowest BCUT2D eigenvalue weighted by atomic mass is 10.1. The molecule has 5 nitrogen and oxygen atoms in total. The van der Waals surface area contributed by atoms with Crippen LogP contribution in [0.1, 0.15) is 47.5 Å². The highest BCUT2D eigenvalue weighted by Gasteiger charge is 2.24. The van der Waals surface area contributed by atoms with Crippen LogP contribution in [-0.4, -0.2) is 40.6 Å². The first-order chi connectivity index (χ1) is 8.29. The summed E-state index contributed by atoms with van der Waals surface area (Å²) in [5.41, 5.74) is 0. The molecule has 2 amide bonds. The molecule has 1 atom stereocenters. The number of carbonyl (C=O) groups is 2. The number of hydrogen-bond donors (Lipinski definition) is 2. The van der Waals surface area contributed by atoms with E-state index < -0.39 is 12.0 Å². The maximum atomic E-state index is 12.1. The molecule has 0 aromatic rings. The van der Waals surface area contributed by atoms with Gasteiger partial charge in [0.1, 0.15) is 6.04 Å². The molecule has 0 aliphatic heterocycles. The summed E-state index contributed by atoms with van der Waals surface area (Å²) in [4.78, 5) is 24.7. The minimum absolute atomic E-state index is 0.0588. The summed E-state index contributed by atoms with van der Waals surface area (Å²) in [6.45, 7) is 10.4. The first-order valence-corrected chi connectivity index (χ1v) is 6.59. The fraction of sp³-hybridized carbons (Fsp3) is 0.846. The Hall–Kier alpha value is -1.26. The third-order valence-electron chi connectivity index (χ3n) is 2.62. The lowest BCUT2D eigenvalue weighted by Crippen LogP contribution is -2.51. The maximum absolute atomic E-state index is 12.1. The molecule has 0 rings (SSSR count). The molecule has 0 bridgehead atoms. The van der Waals surface area contributed by atoms with Crippen LogP contribution in [0.4, 0.5) is 4.79 Å². The van der Waals surface area contributed by atoms with Gasteiger partial charge in [-0.1, -0.05) is 27.2 Å². The number of carboxylic acids is 1. The van der Waals surface area contributed by atoms with Crippen molar-refractivity contribution in [3.63, 3.8) is 0 Å². The lowest BCUT2D eigenvalue weighted by Gasteiger charge is -2.30. The van der Waals surface area contributed by atoms with Crippen molar-refractivity contribution in [3.05, 3.63) is 0 Å².